The molecule has 0 aliphatic carbocycles. The summed E-state index contributed by atoms with van der Waals surface area (Å²) in [6.07, 6.45) is 4.07. The van der Waals surface area contributed by atoms with Crippen molar-refractivity contribution in [3.8, 4) is 5.69 Å². The normalized spacial score (nSPS) is 9.73. The molecule has 0 amide bonds. The zero-order valence-electron chi connectivity index (χ0n) is 8.68. The molecule has 0 saturated heterocycles. The zero-order chi connectivity index (χ0) is 9.97. The maximum atomic E-state index is 5.74. The van der Waals surface area contributed by atoms with Crippen molar-refractivity contribution in [1.82, 2.24) is 4.57 Å². The molecule has 0 bridgehead atoms. The highest BCUT2D eigenvalue weighted by atomic mass is 35.5. The zero-order valence-corrected chi connectivity index (χ0v) is 9.50. The highest BCUT2D eigenvalue weighted by Gasteiger charge is 2.03. The molecule has 2 N–H and O–H groups in total. The van der Waals surface area contributed by atoms with Gasteiger partial charge in [-0.1, -0.05) is 12.1 Å². The van der Waals surface area contributed by atoms with E-state index in [2.05, 4.69) is 29.7 Å². The van der Waals surface area contributed by atoms with Gasteiger partial charge in [-0.25, -0.2) is 0 Å². The second-order valence-electron chi connectivity index (χ2n) is 3.37. The SMILES string of the molecule is Cc1cccc(-n2cccc2)c1CN.Cl. The topological polar surface area (TPSA) is 30.9 Å². The summed E-state index contributed by atoms with van der Waals surface area (Å²) in [6.45, 7) is 2.68. The van der Waals surface area contributed by atoms with Gasteiger partial charge in [0.25, 0.3) is 0 Å². The molecule has 2 rings (SSSR count). The smallest absolute Gasteiger partial charge is 0.0496 e. The van der Waals surface area contributed by atoms with Gasteiger partial charge in [-0.15, -0.1) is 12.4 Å². The molecule has 3 heteroatoms. The van der Waals surface area contributed by atoms with E-state index in [0.717, 1.165) is 0 Å². The second kappa shape index (κ2) is 5.01. The third-order valence-electron chi connectivity index (χ3n) is 2.47. The summed E-state index contributed by atoms with van der Waals surface area (Å²) >= 11 is 0. The van der Waals surface area contributed by atoms with E-state index in [1.807, 2.05) is 24.5 Å². The van der Waals surface area contributed by atoms with Gasteiger partial charge in [-0.3, -0.25) is 0 Å². The molecule has 0 aliphatic heterocycles. The summed E-state index contributed by atoms with van der Waals surface area (Å²) < 4.78 is 2.09. The van der Waals surface area contributed by atoms with Crippen molar-refractivity contribution in [2.75, 3.05) is 0 Å². The van der Waals surface area contributed by atoms with Crippen LogP contribution in [-0.4, -0.2) is 4.57 Å². The summed E-state index contributed by atoms with van der Waals surface area (Å²) in [5, 5.41) is 0. The molecule has 15 heavy (non-hydrogen) atoms. The maximum Gasteiger partial charge on any atom is 0.0496 e. The predicted molar refractivity (Wildman–Crippen MR) is 65.6 cm³/mol. The number of benzene rings is 1. The van der Waals surface area contributed by atoms with Gasteiger partial charge in [0.1, 0.15) is 0 Å². The number of nitrogens with zero attached hydrogens (tertiary/aromatic N) is 1. The number of aryl methyl sites for hydroxylation is 1. The van der Waals surface area contributed by atoms with Crippen LogP contribution in [0.15, 0.2) is 42.7 Å². The summed E-state index contributed by atoms with van der Waals surface area (Å²) in [5.74, 6) is 0. The van der Waals surface area contributed by atoms with E-state index in [4.69, 9.17) is 5.73 Å². The quantitative estimate of drug-likeness (QED) is 0.832. The van der Waals surface area contributed by atoms with Gasteiger partial charge in [0.05, 0.1) is 0 Å². The van der Waals surface area contributed by atoms with Crippen molar-refractivity contribution >= 4 is 12.4 Å². The third kappa shape index (κ3) is 2.22. The van der Waals surface area contributed by atoms with E-state index in [-0.39, 0.29) is 12.4 Å². The van der Waals surface area contributed by atoms with Gasteiger partial charge < -0.3 is 10.3 Å². The minimum Gasteiger partial charge on any atom is -0.326 e. The molecule has 0 radical (unpaired) electrons. The van der Waals surface area contributed by atoms with Crippen molar-refractivity contribution in [1.29, 1.82) is 0 Å². The molecule has 0 saturated carbocycles. The number of hydrogen-bond acceptors (Lipinski definition) is 1. The van der Waals surface area contributed by atoms with Crippen molar-refractivity contribution in [2.24, 2.45) is 5.73 Å². The Balaban J connectivity index is 0.00000112. The van der Waals surface area contributed by atoms with Gasteiger partial charge in [-0.2, -0.15) is 0 Å². The first kappa shape index (κ1) is 11.8. The van der Waals surface area contributed by atoms with Crippen LogP contribution < -0.4 is 5.73 Å². The largest absolute Gasteiger partial charge is 0.326 e. The Morgan fingerprint density at radius 2 is 1.80 bits per heavy atom. The van der Waals surface area contributed by atoms with Crippen molar-refractivity contribution in [3.05, 3.63) is 53.9 Å². The lowest BCUT2D eigenvalue weighted by Gasteiger charge is -2.11. The monoisotopic (exact) mass is 222 g/mol. The third-order valence-corrected chi connectivity index (χ3v) is 2.47. The molecule has 0 aliphatic rings. The van der Waals surface area contributed by atoms with Gasteiger partial charge in [0.2, 0.25) is 0 Å². The highest BCUT2D eigenvalue weighted by Crippen LogP contribution is 2.17. The van der Waals surface area contributed by atoms with Crippen molar-refractivity contribution in [2.45, 2.75) is 13.5 Å². The molecule has 80 valence electrons. The fraction of sp³-hybridized carbons (Fsp3) is 0.167. The average molecular weight is 223 g/mol. The Hall–Kier alpha value is -1.25. The lowest BCUT2D eigenvalue weighted by atomic mass is 10.1. The first-order chi connectivity index (χ1) is 6.83. The minimum absolute atomic E-state index is 0. The first-order valence-electron chi connectivity index (χ1n) is 4.75. The van der Waals surface area contributed by atoms with Crippen molar-refractivity contribution < 1.29 is 0 Å². The number of aromatic nitrogens is 1. The first-order valence-corrected chi connectivity index (χ1v) is 4.75. The predicted octanol–water partition coefficient (Wildman–Crippen LogP) is 2.67. The second-order valence-corrected chi connectivity index (χ2v) is 3.37. The van der Waals surface area contributed by atoms with Crippen LogP contribution in [0.5, 0.6) is 0 Å². The van der Waals surface area contributed by atoms with Crippen LogP contribution in [0.1, 0.15) is 11.1 Å². The Kier molecular flexibility index (Phi) is 3.95. The number of nitrogens with two attached hydrogens (primary N) is 1. The standard InChI is InChI=1S/C12H14N2.ClH/c1-10-5-4-6-12(11(10)9-13)14-7-2-3-8-14;/h2-8H,9,13H2,1H3;1H. The number of rotatable bonds is 2. The Morgan fingerprint density at radius 1 is 1.13 bits per heavy atom. The molecular formula is C12H15ClN2. The molecule has 0 atom stereocenters. The van der Waals surface area contributed by atoms with E-state index in [1.54, 1.807) is 0 Å². The van der Waals surface area contributed by atoms with Crippen LogP contribution in [0.3, 0.4) is 0 Å². The van der Waals surface area contributed by atoms with Crippen LogP contribution in [-0.2, 0) is 6.54 Å². The number of hydrogen-bond donors (Lipinski definition) is 1. The Labute approximate surface area is 96.1 Å². The van der Waals surface area contributed by atoms with Crippen LogP contribution in [0, 0.1) is 6.92 Å². The lowest BCUT2D eigenvalue weighted by Crippen LogP contribution is -2.05. The molecular weight excluding hydrogens is 208 g/mol. The van der Waals surface area contributed by atoms with E-state index in [1.165, 1.54) is 16.8 Å². The summed E-state index contributed by atoms with van der Waals surface area (Å²) in [4.78, 5) is 0. The van der Waals surface area contributed by atoms with Gasteiger partial charge >= 0.3 is 0 Å². The fourth-order valence-electron chi connectivity index (χ4n) is 1.69. The number of halogens is 1. The van der Waals surface area contributed by atoms with E-state index in [9.17, 15) is 0 Å². The van der Waals surface area contributed by atoms with Crippen LogP contribution in [0.25, 0.3) is 5.69 Å². The molecule has 2 nitrogen and oxygen atoms in total. The molecule has 1 aromatic heterocycles. The van der Waals surface area contributed by atoms with Crippen molar-refractivity contribution in [3.63, 3.8) is 0 Å². The molecule has 1 aromatic carbocycles. The minimum atomic E-state index is 0. The van der Waals surface area contributed by atoms with E-state index < -0.39 is 0 Å². The Bertz CT molecular complexity index is 421. The maximum absolute atomic E-state index is 5.74. The average Bonchev–Trinajstić information content (AvgIpc) is 2.70. The fourth-order valence-corrected chi connectivity index (χ4v) is 1.69. The molecule has 1 heterocycles. The summed E-state index contributed by atoms with van der Waals surface area (Å²) in [7, 11) is 0. The van der Waals surface area contributed by atoms with Crippen LogP contribution in [0.2, 0.25) is 0 Å². The Morgan fingerprint density at radius 3 is 2.40 bits per heavy atom. The van der Waals surface area contributed by atoms with Crippen LogP contribution in [0.4, 0.5) is 0 Å². The molecule has 2 aromatic rings. The molecule has 0 spiro atoms. The lowest BCUT2D eigenvalue weighted by molar-refractivity contribution is 0.978. The highest BCUT2D eigenvalue weighted by molar-refractivity contribution is 5.85. The van der Waals surface area contributed by atoms with Crippen LogP contribution >= 0.6 is 12.4 Å². The summed E-state index contributed by atoms with van der Waals surface area (Å²) in [5.41, 5.74) is 9.38. The van der Waals surface area contributed by atoms with Gasteiger partial charge in [-0.05, 0) is 36.2 Å². The van der Waals surface area contributed by atoms with Gasteiger partial charge in [0, 0.05) is 24.6 Å². The van der Waals surface area contributed by atoms with Gasteiger partial charge in [0.15, 0.2) is 0 Å². The molecule has 0 fully saturated rings. The molecule has 0 unspecified atom stereocenters. The summed E-state index contributed by atoms with van der Waals surface area (Å²) in [6, 6.07) is 10.3. The van der Waals surface area contributed by atoms with E-state index in [0.29, 0.717) is 6.54 Å². The van der Waals surface area contributed by atoms with E-state index >= 15 is 0 Å².